The fourth-order valence-corrected chi connectivity index (χ4v) is 5.99. The van der Waals surface area contributed by atoms with Crippen LogP contribution < -0.4 is 19.7 Å². The van der Waals surface area contributed by atoms with Crippen LogP contribution in [0.2, 0.25) is 0 Å². The molecule has 2 saturated heterocycles. The van der Waals surface area contributed by atoms with Gasteiger partial charge in [-0.25, -0.2) is 4.39 Å². The van der Waals surface area contributed by atoms with E-state index in [9.17, 15) is 9.50 Å². The number of hydrogen-bond acceptors (Lipinski definition) is 8. The number of terminal acetylenes is 1. The molecule has 3 aliphatic rings. The molecule has 9 nitrogen and oxygen atoms in total. The molecule has 10 heteroatoms. The van der Waals surface area contributed by atoms with E-state index < -0.39 is 5.82 Å². The van der Waals surface area contributed by atoms with Crippen LogP contribution >= 0.6 is 0 Å². The van der Waals surface area contributed by atoms with Gasteiger partial charge in [-0.3, -0.25) is 4.57 Å². The zero-order chi connectivity index (χ0) is 26.0. The van der Waals surface area contributed by atoms with Crippen LogP contribution in [-0.4, -0.2) is 56.9 Å². The van der Waals surface area contributed by atoms with Crippen LogP contribution in [0.5, 0.6) is 23.5 Å². The van der Waals surface area contributed by atoms with E-state index in [1.807, 2.05) is 0 Å². The molecule has 38 heavy (non-hydrogen) atoms. The molecule has 3 fully saturated rings. The van der Waals surface area contributed by atoms with Crippen molar-refractivity contribution in [3.63, 3.8) is 0 Å². The molecular formula is C28H27FN6O3. The van der Waals surface area contributed by atoms with Gasteiger partial charge in [-0.15, -0.1) is 6.42 Å². The number of phenolic OH excluding ortho intramolecular Hbond substituents is 1. The Morgan fingerprint density at radius 2 is 1.89 bits per heavy atom. The number of phenols is 1. The minimum atomic E-state index is -0.533. The van der Waals surface area contributed by atoms with Gasteiger partial charge in [0, 0.05) is 42.7 Å². The number of hydrogen-bond donors (Lipinski definition) is 2. The first-order chi connectivity index (χ1) is 18.5. The van der Waals surface area contributed by atoms with Gasteiger partial charge in [-0.05, 0) is 49.6 Å². The summed E-state index contributed by atoms with van der Waals surface area (Å²) >= 11 is 0. The van der Waals surface area contributed by atoms with Gasteiger partial charge in [0.15, 0.2) is 11.5 Å². The van der Waals surface area contributed by atoms with Crippen molar-refractivity contribution in [2.24, 2.45) is 0 Å². The average molecular weight is 515 g/mol. The highest BCUT2D eigenvalue weighted by Crippen LogP contribution is 2.44. The maximum atomic E-state index is 14.7. The number of anilines is 1. The molecule has 2 N–H and O–H groups in total. The molecule has 2 aromatic heterocycles. The lowest BCUT2D eigenvalue weighted by Gasteiger charge is -2.35. The predicted octanol–water partition coefficient (Wildman–Crippen LogP) is 4.27. The molecule has 7 rings (SSSR count). The molecule has 4 heterocycles. The van der Waals surface area contributed by atoms with Crippen LogP contribution in [0.15, 0.2) is 24.3 Å². The standard InChI is InChI=1S/C28H27FN6O3/c1-3-20-21(29)10-7-15-11-19(36)12-22(23(15)20)38-28-32-25-24(35(28)18-5-4-6-18)26(33-27(31-25)37-2)34-13-16-8-9-17(14-34)30-16/h1,7,10-12,16-18,30,36H,4-6,8-9,13-14H2,2H3. The van der Waals surface area contributed by atoms with Crippen LogP contribution in [-0.2, 0) is 0 Å². The summed E-state index contributed by atoms with van der Waals surface area (Å²) in [7, 11) is 1.54. The fourth-order valence-electron chi connectivity index (χ4n) is 5.99. The zero-order valence-corrected chi connectivity index (χ0v) is 20.9. The van der Waals surface area contributed by atoms with E-state index in [0.717, 1.165) is 56.5 Å². The van der Waals surface area contributed by atoms with Crippen LogP contribution in [0.3, 0.4) is 0 Å². The number of fused-ring (bicyclic) bond motifs is 4. The van der Waals surface area contributed by atoms with Crippen LogP contribution in [0, 0.1) is 18.2 Å². The first kappa shape index (κ1) is 23.0. The summed E-state index contributed by atoms with van der Waals surface area (Å²) < 4.78 is 28.6. The van der Waals surface area contributed by atoms with Crippen molar-refractivity contribution in [3.05, 3.63) is 35.6 Å². The maximum absolute atomic E-state index is 14.7. The lowest BCUT2D eigenvalue weighted by Crippen LogP contribution is -2.51. The minimum absolute atomic E-state index is 0.0215. The van der Waals surface area contributed by atoms with Gasteiger partial charge >= 0.3 is 12.0 Å². The van der Waals surface area contributed by atoms with Gasteiger partial charge in [0.25, 0.3) is 0 Å². The van der Waals surface area contributed by atoms with Crippen molar-refractivity contribution in [1.82, 2.24) is 24.8 Å². The molecule has 2 aliphatic heterocycles. The molecule has 0 radical (unpaired) electrons. The van der Waals surface area contributed by atoms with E-state index in [1.54, 1.807) is 13.2 Å². The van der Waals surface area contributed by atoms with Crippen molar-refractivity contribution < 1.29 is 19.0 Å². The summed E-state index contributed by atoms with van der Waals surface area (Å²) in [4.78, 5) is 16.4. The second-order valence-corrected chi connectivity index (χ2v) is 10.3. The monoisotopic (exact) mass is 514 g/mol. The topological polar surface area (TPSA) is 97.6 Å². The Balaban J connectivity index is 1.43. The number of halogens is 1. The third kappa shape index (κ3) is 3.61. The van der Waals surface area contributed by atoms with E-state index in [-0.39, 0.29) is 29.1 Å². The molecule has 0 spiro atoms. The molecule has 194 valence electrons. The number of nitrogens with zero attached hydrogens (tertiary/aromatic N) is 5. The molecule has 2 unspecified atom stereocenters. The highest BCUT2D eigenvalue weighted by molar-refractivity contribution is 5.95. The number of aromatic nitrogens is 4. The second-order valence-electron chi connectivity index (χ2n) is 10.3. The van der Waals surface area contributed by atoms with E-state index in [0.29, 0.717) is 34.5 Å². The Labute approximate surface area is 218 Å². The van der Waals surface area contributed by atoms with Gasteiger partial charge in [-0.1, -0.05) is 12.0 Å². The Bertz CT molecular complexity index is 1610. The minimum Gasteiger partial charge on any atom is -0.508 e. The van der Waals surface area contributed by atoms with Gasteiger partial charge in [-0.2, -0.15) is 15.0 Å². The van der Waals surface area contributed by atoms with Crippen LogP contribution in [0.25, 0.3) is 21.9 Å². The van der Waals surface area contributed by atoms with Gasteiger partial charge in [0.2, 0.25) is 0 Å². The fraction of sp³-hybridized carbons (Fsp3) is 0.393. The first-order valence-corrected chi connectivity index (χ1v) is 13.0. The molecule has 4 aromatic rings. The number of methoxy groups -OCH3 is 1. The molecule has 2 atom stereocenters. The third-order valence-corrected chi connectivity index (χ3v) is 7.97. The molecule has 2 bridgehead atoms. The van der Waals surface area contributed by atoms with E-state index >= 15 is 0 Å². The summed E-state index contributed by atoms with van der Waals surface area (Å²) in [6, 6.07) is 7.34. The van der Waals surface area contributed by atoms with Crippen molar-refractivity contribution in [2.75, 3.05) is 25.1 Å². The zero-order valence-electron chi connectivity index (χ0n) is 20.9. The van der Waals surface area contributed by atoms with E-state index in [2.05, 4.69) is 25.7 Å². The third-order valence-electron chi connectivity index (χ3n) is 7.97. The maximum Gasteiger partial charge on any atom is 0.320 e. The van der Waals surface area contributed by atoms with Crippen molar-refractivity contribution >= 4 is 27.8 Å². The number of benzene rings is 2. The normalized spacial score (nSPS) is 21.0. The highest BCUT2D eigenvalue weighted by atomic mass is 19.1. The Hall–Kier alpha value is -4.10. The summed E-state index contributed by atoms with van der Waals surface area (Å²) in [6.07, 6.45) is 11.0. The lowest BCUT2D eigenvalue weighted by molar-refractivity contribution is 0.287. The van der Waals surface area contributed by atoms with Crippen molar-refractivity contribution in [2.45, 2.75) is 50.2 Å². The smallest absolute Gasteiger partial charge is 0.320 e. The largest absolute Gasteiger partial charge is 0.508 e. The van der Waals surface area contributed by atoms with Crippen LogP contribution in [0.4, 0.5) is 10.2 Å². The molecule has 2 aromatic carbocycles. The van der Waals surface area contributed by atoms with Crippen molar-refractivity contribution in [3.8, 4) is 35.9 Å². The lowest BCUT2D eigenvalue weighted by atomic mass is 9.93. The number of piperazine rings is 1. The number of imidazole rings is 1. The molecule has 1 aliphatic carbocycles. The second kappa shape index (κ2) is 8.74. The molecule has 1 saturated carbocycles. The van der Waals surface area contributed by atoms with Gasteiger partial charge in [0.05, 0.1) is 12.7 Å². The van der Waals surface area contributed by atoms with Gasteiger partial charge in [0.1, 0.15) is 22.8 Å². The average Bonchev–Trinajstić information content (AvgIpc) is 3.40. The highest BCUT2D eigenvalue weighted by Gasteiger charge is 2.36. The number of ether oxygens (including phenoxy) is 2. The Morgan fingerprint density at radius 1 is 1.11 bits per heavy atom. The predicted molar refractivity (Wildman–Crippen MR) is 141 cm³/mol. The molecule has 0 amide bonds. The SMILES string of the molecule is C#Cc1c(F)ccc2cc(O)cc(Oc3nc4nc(OC)nc(N5CC6CCC(C5)N6)c4n3C3CCC3)c12. The number of rotatable bonds is 5. The van der Waals surface area contributed by atoms with E-state index in [1.165, 1.54) is 18.2 Å². The summed E-state index contributed by atoms with van der Waals surface area (Å²) in [6.45, 7) is 1.67. The number of aromatic hydroxyl groups is 1. The Kier molecular flexibility index (Phi) is 5.30. The van der Waals surface area contributed by atoms with Gasteiger partial charge < -0.3 is 24.8 Å². The summed E-state index contributed by atoms with van der Waals surface area (Å²) in [5.74, 6) is 2.88. The number of nitrogens with one attached hydrogen (secondary N) is 1. The van der Waals surface area contributed by atoms with Crippen molar-refractivity contribution in [1.29, 1.82) is 0 Å². The van der Waals surface area contributed by atoms with E-state index in [4.69, 9.17) is 25.9 Å². The quantitative estimate of drug-likeness (QED) is 0.381. The molecular weight excluding hydrogens is 487 g/mol. The summed E-state index contributed by atoms with van der Waals surface area (Å²) in [5, 5.41) is 15.1. The summed E-state index contributed by atoms with van der Waals surface area (Å²) in [5.41, 5.74) is 1.33. The van der Waals surface area contributed by atoms with Crippen LogP contribution in [0.1, 0.15) is 43.7 Å². The first-order valence-electron chi connectivity index (χ1n) is 13.0. The Morgan fingerprint density at radius 3 is 2.58 bits per heavy atom.